The summed E-state index contributed by atoms with van der Waals surface area (Å²) in [5, 5.41) is 2.87. The maximum Gasteiger partial charge on any atom is 0.228 e. The molecule has 1 aromatic heterocycles. The van der Waals surface area contributed by atoms with Crippen LogP contribution in [0.25, 0.3) is 0 Å². The van der Waals surface area contributed by atoms with Gasteiger partial charge in [0, 0.05) is 5.92 Å². The highest BCUT2D eigenvalue weighted by Gasteiger charge is 2.16. The third-order valence-corrected chi connectivity index (χ3v) is 3.09. The van der Waals surface area contributed by atoms with Crippen LogP contribution >= 0.6 is 0 Å². The summed E-state index contributed by atoms with van der Waals surface area (Å²) in [5.41, 5.74) is 5.95. The summed E-state index contributed by atoms with van der Waals surface area (Å²) in [5.74, 6) is 6.25. The molecule has 1 rings (SSSR count). The van der Waals surface area contributed by atoms with E-state index in [2.05, 4.69) is 29.1 Å². The first kappa shape index (κ1) is 16.2. The van der Waals surface area contributed by atoms with Crippen molar-refractivity contribution in [3.05, 3.63) is 23.9 Å². The zero-order chi connectivity index (χ0) is 14.8. The molecule has 0 aliphatic heterocycles. The fourth-order valence-electron chi connectivity index (χ4n) is 1.91. The van der Waals surface area contributed by atoms with Gasteiger partial charge in [-0.25, -0.2) is 4.98 Å². The topological polar surface area (TPSA) is 68.0 Å². The van der Waals surface area contributed by atoms with Crippen molar-refractivity contribution < 1.29 is 4.79 Å². The standard InChI is InChI=1S/C16H23N3O/c1-3-5-8-13(4-2)16(20)19-15-11-6-9-14(18-15)10-7-12-17/h6,9,11,13H,3-5,8,12,17H2,1-2H3,(H,18,19,20). The maximum atomic E-state index is 12.2. The van der Waals surface area contributed by atoms with Crippen LogP contribution in [-0.4, -0.2) is 17.4 Å². The molecule has 1 heterocycles. The molecule has 0 spiro atoms. The monoisotopic (exact) mass is 273 g/mol. The number of carbonyl (C=O) groups is 1. The molecule has 4 nitrogen and oxygen atoms in total. The fourth-order valence-corrected chi connectivity index (χ4v) is 1.91. The van der Waals surface area contributed by atoms with Crippen molar-refractivity contribution in [3.63, 3.8) is 0 Å². The second-order valence-electron chi connectivity index (χ2n) is 4.65. The molecule has 108 valence electrons. The van der Waals surface area contributed by atoms with Gasteiger partial charge in [0.2, 0.25) is 5.91 Å². The van der Waals surface area contributed by atoms with Gasteiger partial charge in [0.1, 0.15) is 11.5 Å². The van der Waals surface area contributed by atoms with E-state index in [1.165, 1.54) is 0 Å². The second kappa shape index (κ2) is 9.11. The molecule has 0 aliphatic carbocycles. The Labute approximate surface area is 121 Å². The van der Waals surface area contributed by atoms with E-state index in [0.29, 0.717) is 18.1 Å². The lowest BCUT2D eigenvalue weighted by atomic mass is 9.98. The number of aromatic nitrogens is 1. The molecule has 1 aromatic rings. The Bertz CT molecular complexity index is 488. The molecule has 0 aliphatic rings. The van der Waals surface area contributed by atoms with Crippen molar-refractivity contribution in [2.24, 2.45) is 11.7 Å². The lowest BCUT2D eigenvalue weighted by molar-refractivity contribution is -0.120. The number of carbonyl (C=O) groups excluding carboxylic acids is 1. The maximum absolute atomic E-state index is 12.2. The average molecular weight is 273 g/mol. The Morgan fingerprint density at radius 1 is 1.45 bits per heavy atom. The molecule has 0 saturated heterocycles. The van der Waals surface area contributed by atoms with Crippen LogP contribution in [0.5, 0.6) is 0 Å². The third-order valence-electron chi connectivity index (χ3n) is 3.09. The number of pyridine rings is 1. The normalized spacial score (nSPS) is 11.3. The first-order valence-electron chi connectivity index (χ1n) is 7.18. The number of nitrogens with two attached hydrogens (primary N) is 1. The van der Waals surface area contributed by atoms with Gasteiger partial charge < -0.3 is 11.1 Å². The molecule has 0 aromatic carbocycles. The summed E-state index contributed by atoms with van der Waals surface area (Å²) in [6.07, 6.45) is 3.94. The van der Waals surface area contributed by atoms with E-state index in [1.807, 2.05) is 13.0 Å². The van der Waals surface area contributed by atoms with Gasteiger partial charge in [-0.1, -0.05) is 38.7 Å². The molecule has 0 saturated carbocycles. The van der Waals surface area contributed by atoms with Gasteiger partial charge in [-0.05, 0) is 30.9 Å². The number of nitrogens with zero attached hydrogens (tertiary/aromatic N) is 1. The molecule has 1 unspecified atom stereocenters. The van der Waals surface area contributed by atoms with Crippen LogP contribution in [0.3, 0.4) is 0 Å². The fraction of sp³-hybridized carbons (Fsp3) is 0.500. The zero-order valence-electron chi connectivity index (χ0n) is 12.3. The van der Waals surface area contributed by atoms with Crippen LogP contribution in [0, 0.1) is 17.8 Å². The highest BCUT2D eigenvalue weighted by Crippen LogP contribution is 2.15. The zero-order valence-corrected chi connectivity index (χ0v) is 12.3. The van der Waals surface area contributed by atoms with E-state index in [-0.39, 0.29) is 11.8 Å². The summed E-state index contributed by atoms with van der Waals surface area (Å²) < 4.78 is 0. The molecule has 3 N–H and O–H groups in total. The van der Waals surface area contributed by atoms with Crippen molar-refractivity contribution in [2.75, 3.05) is 11.9 Å². The Morgan fingerprint density at radius 2 is 2.25 bits per heavy atom. The summed E-state index contributed by atoms with van der Waals surface area (Å²) in [4.78, 5) is 16.5. The van der Waals surface area contributed by atoms with Crippen LogP contribution in [0.15, 0.2) is 18.2 Å². The van der Waals surface area contributed by atoms with Gasteiger partial charge in [-0.3, -0.25) is 4.79 Å². The summed E-state index contributed by atoms with van der Waals surface area (Å²) in [6, 6.07) is 5.40. The molecule has 0 bridgehead atoms. The second-order valence-corrected chi connectivity index (χ2v) is 4.65. The van der Waals surface area contributed by atoms with Crippen LogP contribution < -0.4 is 11.1 Å². The molecular weight excluding hydrogens is 250 g/mol. The van der Waals surface area contributed by atoms with E-state index in [1.54, 1.807) is 12.1 Å². The number of anilines is 1. The average Bonchev–Trinajstić information content (AvgIpc) is 2.46. The van der Waals surface area contributed by atoms with Crippen molar-refractivity contribution in [3.8, 4) is 11.8 Å². The Morgan fingerprint density at radius 3 is 2.90 bits per heavy atom. The minimum Gasteiger partial charge on any atom is -0.320 e. The van der Waals surface area contributed by atoms with Crippen molar-refractivity contribution >= 4 is 11.7 Å². The number of hydrogen-bond acceptors (Lipinski definition) is 3. The largest absolute Gasteiger partial charge is 0.320 e. The van der Waals surface area contributed by atoms with Crippen LogP contribution in [0.2, 0.25) is 0 Å². The predicted octanol–water partition coefficient (Wildman–Crippen LogP) is 2.55. The number of unbranched alkanes of at least 4 members (excludes halogenated alkanes) is 1. The van der Waals surface area contributed by atoms with Gasteiger partial charge in [-0.2, -0.15) is 0 Å². The summed E-state index contributed by atoms with van der Waals surface area (Å²) >= 11 is 0. The SMILES string of the molecule is CCCCC(CC)C(=O)Nc1cccc(C#CCN)n1. The quantitative estimate of drug-likeness (QED) is 0.783. The first-order valence-corrected chi connectivity index (χ1v) is 7.18. The van der Waals surface area contributed by atoms with E-state index < -0.39 is 0 Å². The van der Waals surface area contributed by atoms with E-state index >= 15 is 0 Å². The predicted molar refractivity (Wildman–Crippen MR) is 82.1 cm³/mol. The Hall–Kier alpha value is -1.86. The lowest BCUT2D eigenvalue weighted by Crippen LogP contribution is -2.22. The van der Waals surface area contributed by atoms with E-state index in [0.717, 1.165) is 25.7 Å². The number of nitrogens with one attached hydrogen (secondary N) is 1. The minimum absolute atomic E-state index is 0.0392. The van der Waals surface area contributed by atoms with Crippen molar-refractivity contribution in [2.45, 2.75) is 39.5 Å². The van der Waals surface area contributed by atoms with Gasteiger partial charge in [0.05, 0.1) is 6.54 Å². The van der Waals surface area contributed by atoms with E-state index in [4.69, 9.17) is 5.73 Å². The van der Waals surface area contributed by atoms with E-state index in [9.17, 15) is 4.79 Å². The number of hydrogen-bond donors (Lipinski definition) is 2. The van der Waals surface area contributed by atoms with Gasteiger partial charge in [0.15, 0.2) is 0 Å². The summed E-state index contributed by atoms with van der Waals surface area (Å²) in [7, 11) is 0. The van der Waals surface area contributed by atoms with Crippen LogP contribution in [0.1, 0.15) is 45.2 Å². The smallest absolute Gasteiger partial charge is 0.228 e. The van der Waals surface area contributed by atoms with Crippen molar-refractivity contribution in [1.82, 2.24) is 4.98 Å². The van der Waals surface area contributed by atoms with Gasteiger partial charge in [0.25, 0.3) is 0 Å². The Kier molecular flexibility index (Phi) is 7.38. The highest BCUT2D eigenvalue weighted by atomic mass is 16.1. The first-order chi connectivity index (χ1) is 9.71. The lowest BCUT2D eigenvalue weighted by Gasteiger charge is -2.14. The highest BCUT2D eigenvalue weighted by molar-refractivity contribution is 5.91. The number of rotatable bonds is 6. The summed E-state index contributed by atoms with van der Waals surface area (Å²) in [6.45, 7) is 4.47. The molecule has 4 heteroatoms. The third kappa shape index (κ3) is 5.41. The molecule has 0 radical (unpaired) electrons. The van der Waals surface area contributed by atoms with Gasteiger partial charge in [-0.15, -0.1) is 0 Å². The molecule has 0 fully saturated rings. The minimum atomic E-state index is 0.0392. The molecular formula is C16H23N3O. The molecule has 20 heavy (non-hydrogen) atoms. The Balaban J connectivity index is 2.69. The van der Waals surface area contributed by atoms with Crippen LogP contribution in [-0.2, 0) is 4.79 Å². The number of amides is 1. The van der Waals surface area contributed by atoms with Crippen molar-refractivity contribution in [1.29, 1.82) is 0 Å². The molecule has 1 atom stereocenters. The van der Waals surface area contributed by atoms with Crippen LogP contribution in [0.4, 0.5) is 5.82 Å². The molecule has 1 amide bonds. The van der Waals surface area contributed by atoms with Gasteiger partial charge >= 0.3 is 0 Å².